The van der Waals surface area contributed by atoms with Crippen LogP contribution >= 0.6 is 11.6 Å². The third-order valence-corrected chi connectivity index (χ3v) is 2.83. The molecule has 0 radical (unpaired) electrons. The molecule has 17 heavy (non-hydrogen) atoms. The molecule has 6 nitrogen and oxygen atoms in total. The molecule has 1 aromatic heterocycles. The van der Waals surface area contributed by atoms with Crippen molar-refractivity contribution in [3.8, 4) is 0 Å². The van der Waals surface area contributed by atoms with Crippen molar-refractivity contribution in [3.05, 3.63) is 5.28 Å². The summed E-state index contributed by atoms with van der Waals surface area (Å²) in [4.78, 5) is 14.2. The lowest BCUT2D eigenvalue weighted by Gasteiger charge is -2.20. The number of hydrogen-bond donors (Lipinski definition) is 1. The van der Waals surface area contributed by atoms with Crippen molar-refractivity contribution in [2.75, 3.05) is 37.5 Å². The summed E-state index contributed by atoms with van der Waals surface area (Å²) in [5.41, 5.74) is 0. The molecule has 2 rings (SSSR count). The zero-order valence-corrected chi connectivity index (χ0v) is 10.7. The van der Waals surface area contributed by atoms with E-state index in [4.69, 9.17) is 16.3 Å². The van der Waals surface area contributed by atoms with Crippen LogP contribution < -0.4 is 10.2 Å². The third-order valence-electron chi connectivity index (χ3n) is 2.66. The first-order valence-electron chi connectivity index (χ1n) is 5.61. The van der Waals surface area contributed by atoms with Crippen molar-refractivity contribution in [3.63, 3.8) is 0 Å². The van der Waals surface area contributed by atoms with Crippen molar-refractivity contribution < 1.29 is 4.74 Å². The van der Waals surface area contributed by atoms with Crippen LogP contribution in [0.5, 0.6) is 0 Å². The Hall–Kier alpha value is -1.14. The van der Waals surface area contributed by atoms with Crippen LogP contribution in [-0.2, 0) is 4.74 Å². The van der Waals surface area contributed by atoms with E-state index in [0.29, 0.717) is 11.9 Å². The second kappa shape index (κ2) is 5.46. The number of likely N-dealkylation sites (N-methyl/N-ethyl adjacent to an activating group) is 1. The molecule has 1 N–H and O–H groups in total. The second-order valence-corrected chi connectivity index (χ2v) is 4.33. The molecule has 2 heterocycles. The lowest BCUT2D eigenvalue weighted by atomic mass is 10.2. The van der Waals surface area contributed by atoms with Gasteiger partial charge in [0.15, 0.2) is 0 Å². The zero-order chi connectivity index (χ0) is 12.3. The Morgan fingerprint density at radius 1 is 1.47 bits per heavy atom. The highest BCUT2D eigenvalue weighted by molar-refractivity contribution is 6.28. The maximum Gasteiger partial charge on any atom is 0.231 e. The SMILES string of the molecule is CNc1nc(Cl)nc(N(C)CC2CCCO2)n1. The molecule has 0 spiro atoms. The Morgan fingerprint density at radius 2 is 2.29 bits per heavy atom. The van der Waals surface area contributed by atoms with E-state index in [2.05, 4.69) is 20.3 Å². The largest absolute Gasteiger partial charge is 0.376 e. The molecule has 1 fully saturated rings. The van der Waals surface area contributed by atoms with Crippen LogP contribution in [0, 0.1) is 0 Å². The number of nitrogens with one attached hydrogen (secondary N) is 1. The molecular weight excluding hydrogens is 242 g/mol. The molecule has 1 unspecified atom stereocenters. The van der Waals surface area contributed by atoms with Gasteiger partial charge in [-0.3, -0.25) is 0 Å². The molecule has 0 bridgehead atoms. The summed E-state index contributed by atoms with van der Waals surface area (Å²) in [6.07, 6.45) is 2.47. The highest BCUT2D eigenvalue weighted by atomic mass is 35.5. The standard InChI is InChI=1S/C10H16ClN5O/c1-12-9-13-8(11)14-10(15-9)16(2)6-7-4-3-5-17-7/h7H,3-6H2,1-2H3,(H,12,13,14,15). The minimum Gasteiger partial charge on any atom is -0.376 e. The van der Waals surface area contributed by atoms with E-state index in [9.17, 15) is 0 Å². The van der Waals surface area contributed by atoms with Crippen LogP contribution in [0.2, 0.25) is 5.28 Å². The fourth-order valence-electron chi connectivity index (χ4n) is 1.80. The molecule has 0 aromatic carbocycles. The number of rotatable bonds is 4. The zero-order valence-electron chi connectivity index (χ0n) is 9.98. The van der Waals surface area contributed by atoms with Gasteiger partial charge in [0.25, 0.3) is 0 Å². The average Bonchev–Trinajstić information content (AvgIpc) is 2.81. The predicted molar refractivity (Wildman–Crippen MR) is 66.6 cm³/mol. The van der Waals surface area contributed by atoms with Crippen LogP contribution in [-0.4, -0.2) is 48.3 Å². The van der Waals surface area contributed by atoms with Crippen LogP contribution in [0.25, 0.3) is 0 Å². The van der Waals surface area contributed by atoms with Crippen molar-refractivity contribution >= 4 is 23.5 Å². The van der Waals surface area contributed by atoms with Crippen LogP contribution in [0.4, 0.5) is 11.9 Å². The Bertz CT molecular complexity index is 383. The number of ether oxygens (including phenoxy) is 1. The first kappa shape index (κ1) is 12.3. The van der Waals surface area contributed by atoms with Gasteiger partial charge in [0.2, 0.25) is 17.2 Å². The summed E-state index contributed by atoms with van der Waals surface area (Å²) in [6, 6.07) is 0. The molecule has 1 aliphatic heterocycles. The van der Waals surface area contributed by atoms with E-state index in [0.717, 1.165) is 26.0 Å². The minimum atomic E-state index is 0.193. The van der Waals surface area contributed by atoms with Gasteiger partial charge in [-0.25, -0.2) is 0 Å². The van der Waals surface area contributed by atoms with E-state index in [1.54, 1.807) is 7.05 Å². The summed E-state index contributed by atoms with van der Waals surface area (Å²) in [5, 5.41) is 3.05. The maximum absolute atomic E-state index is 5.83. The second-order valence-electron chi connectivity index (χ2n) is 3.99. The number of anilines is 2. The fourth-order valence-corrected chi connectivity index (χ4v) is 1.95. The number of nitrogens with zero attached hydrogens (tertiary/aromatic N) is 4. The van der Waals surface area contributed by atoms with Gasteiger partial charge in [-0.2, -0.15) is 15.0 Å². The highest BCUT2D eigenvalue weighted by Crippen LogP contribution is 2.17. The Balaban J connectivity index is 2.06. The summed E-state index contributed by atoms with van der Waals surface area (Å²) in [6.45, 7) is 1.61. The Morgan fingerprint density at radius 3 is 2.94 bits per heavy atom. The normalized spacial score (nSPS) is 19.4. The van der Waals surface area contributed by atoms with E-state index >= 15 is 0 Å². The molecule has 1 atom stereocenters. The van der Waals surface area contributed by atoms with E-state index in [-0.39, 0.29) is 11.4 Å². The van der Waals surface area contributed by atoms with Gasteiger partial charge < -0.3 is 15.0 Å². The van der Waals surface area contributed by atoms with Gasteiger partial charge in [0.1, 0.15) is 0 Å². The first-order chi connectivity index (χ1) is 8.19. The number of hydrogen-bond acceptors (Lipinski definition) is 6. The van der Waals surface area contributed by atoms with Crippen molar-refractivity contribution in [2.24, 2.45) is 0 Å². The van der Waals surface area contributed by atoms with E-state index < -0.39 is 0 Å². The number of aromatic nitrogens is 3. The average molecular weight is 258 g/mol. The van der Waals surface area contributed by atoms with Gasteiger partial charge >= 0.3 is 0 Å². The lowest BCUT2D eigenvalue weighted by Crippen LogP contribution is -2.30. The maximum atomic E-state index is 5.83. The minimum absolute atomic E-state index is 0.193. The summed E-state index contributed by atoms with van der Waals surface area (Å²) in [7, 11) is 3.67. The van der Waals surface area contributed by atoms with Crippen molar-refractivity contribution in [2.45, 2.75) is 18.9 Å². The van der Waals surface area contributed by atoms with Gasteiger partial charge in [0.05, 0.1) is 6.10 Å². The molecule has 1 aliphatic rings. The Kier molecular flexibility index (Phi) is 3.96. The van der Waals surface area contributed by atoms with Gasteiger partial charge in [-0.15, -0.1) is 0 Å². The van der Waals surface area contributed by atoms with E-state index in [1.165, 1.54) is 0 Å². The van der Waals surface area contributed by atoms with Gasteiger partial charge in [0, 0.05) is 27.2 Å². The molecule has 0 saturated carbocycles. The molecule has 94 valence electrons. The van der Waals surface area contributed by atoms with Gasteiger partial charge in [-0.1, -0.05) is 0 Å². The molecular formula is C10H16ClN5O. The number of halogens is 1. The molecule has 7 heteroatoms. The topological polar surface area (TPSA) is 63.2 Å². The molecule has 0 amide bonds. The highest BCUT2D eigenvalue weighted by Gasteiger charge is 2.19. The Labute approximate surface area is 105 Å². The molecule has 1 aromatic rings. The monoisotopic (exact) mass is 257 g/mol. The predicted octanol–water partition coefficient (Wildman–Crippen LogP) is 1.18. The summed E-state index contributed by atoms with van der Waals surface area (Å²) < 4.78 is 5.57. The quantitative estimate of drug-likeness (QED) is 0.874. The van der Waals surface area contributed by atoms with Crippen molar-refractivity contribution in [1.82, 2.24) is 15.0 Å². The van der Waals surface area contributed by atoms with Crippen LogP contribution in [0.15, 0.2) is 0 Å². The van der Waals surface area contributed by atoms with Crippen LogP contribution in [0.1, 0.15) is 12.8 Å². The molecule has 0 aliphatic carbocycles. The smallest absolute Gasteiger partial charge is 0.231 e. The van der Waals surface area contributed by atoms with Gasteiger partial charge in [-0.05, 0) is 24.4 Å². The molecule has 1 saturated heterocycles. The lowest BCUT2D eigenvalue weighted by molar-refractivity contribution is 0.116. The van der Waals surface area contributed by atoms with Crippen molar-refractivity contribution in [1.29, 1.82) is 0 Å². The van der Waals surface area contributed by atoms with Crippen LogP contribution in [0.3, 0.4) is 0 Å². The van der Waals surface area contributed by atoms with E-state index in [1.807, 2.05) is 11.9 Å². The summed E-state index contributed by atoms with van der Waals surface area (Å²) in [5.74, 6) is 1.03. The first-order valence-corrected chi connectivity index (χ1v) is 5.99. The fraction of sp³-hybridized carbons (Fsp3) is 0.700. The summed E-state index contributed by atoms with van der Waals surface area (Å²) >= 11 is 5.83. The third kappa shape index (κ3) is 3.17.